The smallest absolute Gasteiger partial charge is 0.338 e. The van der Waals surface area contributed by atoms with E-state index < -0.39 is 16.6 Å². The molecule has 0 spiro atoms. The molecule has 0 aliphatic heterocycles. The summed E-state index contributed by atoms with van der Waals surface area (Å²) in [5.41, 5.74) is -1.10. The lowest BCUT2D eigenvalue weighted by molar-refractivity contribution is -0.384. The molecule has 3 unspecified atom stereocenters. The lowest BCUT2D eigenvalue weighted by atomic mass is 9.74. The Hall–Kier alpha value is -1.98. The third-order valence-electron chi connectivity index (χ3n) is 4.67. The minimum Gasteiger partial charge on any atom is -0.458 e. The van der Waals surface area contributed by atoms with Crippen molar-refractivity contribution in [3.05, 3.63) is 39.9 Å². The third-order valence-corrected chi connectivity index (χ3v) is 4.67. The van der Waals surface area contributed by atoms with Gasteiger partial charge in [-0.3, -0.25) is 10.1 Å². The van der Waals surface area contributed by atoms with Gasteiger partial charge in [0.1, 0.15) is 11.8 Å². The van der Waals surface area contributed by atoms with Gasteiger partial charge in [0.25, 0.3) is 5.69 Å². The first-order valence-electron chi connectivity index (χ1n) is 7.83. The molecule has 5 nitrogen and oxygen atoms in total. The first kappa shape index (κ1) is 17.4. The average Bonchev–Trinajstić information content (AvgIpc) is 2.48. The lowest BCUT2D eigenvalue weighted by Crippen LogP contribution is -2.38. The quantitative estimate of drug-likeness (QED) is 0.470. The second-order valence-corrected chi connectivity index (χ2v) is 6.80. The number of hydrogen-bond donors (Lipinski definition) is 0. The Kier molecular flexibility index (Phi) is 5.02. The van der Waals surface area contributed by atoms with Crippen molar-refractivity contribution in [2.24, 2.45) is 11.8 Å². The van der Waals surface area contributed by atoms with Crippen LogP contribution in [0.2, 0.25) is 0 Å². The molecule has 0 heterocycles. The molecule has 0 N–H and O–H groups in total. The van der Waals surface area contributed by atoms with E-state index in [9.17, 15) is 19.3 Å². The van der Waals surface area contributed by atoms with E-state index in [-0.39, 0.29) is 29.2 Å². The number of esters is 1. The van der Waals surface area contributed by atoms with E-state index in [1.54, 1.807) is 13.8 Å². The van der Waals surface area contributed by atoms with E-state index in [2.05, 4.69) is 0 Å². The summed E-state index contributed by atoms with van der Waals surface area (Å²) in [6.45, 7) is 5.11. The zero-order valence-electron chi connectivity index (χ0n) is 13.6. The van der Waals surface area contributed by atoms with Crippen molar-refractivity contribution in [2.45, 2.75) is 51.8 Å². The van der Waals surface area contributed by atoms with E-state index in [4.69, 9.17) is 4.74 Å². The van der Waals surface area contributed by atoms with E-state index in [1.165, 1.54) is 24.3 Å². The van der Waals surface area contributed by atoms with Crippen LogP contribution in [0.15, 0.2) is 24.3 Å². The first-order valence-corrected chi connectivity index (χ1v) is 7.83. The first-order chi connectivity index (χ1) is 10.7. The van der Waals surface area contributed by atoms with Crippen LogP contribution >= 0.6 is 0 Å². The maximum atomic E-state index is 14.2. The summed E-state index contributed by atoms with van der Waals surface area (Å²) in [4.78, 5) is 22.3. The summed E-state index contributed by atoms with van der Waals surface area (Å²) >= 11 is 0. The number of carbonyl (C=O) groups excluding carboxylic acids is 1. The Labute approximate surface area is 135 Å². The number of alkyl halides is 1. The number of carbonyl (C=O) groups is 1. The topological polar surface area (TPSA) is 69.4 Å². The molecule has 1 aromatic carbocycles. The molecule has 6 heteroatoms. The molecule has 0 aromatic heterocycles. The zero-order valence-corrected chi connectivity index (χ0v) is 13.6. The van der Waals surface area contributed by atoms with Crippen LogP contribution < -0.4 is 0 Å². The van der Waals surface area contributed by atoms with Crippen molar-refractivity contribution in [1.82, 2.24) is 0 Å². The SMILES string of the molecule is CC1CCC(C(C)(C)F)CC1OC(=O)c1ccc([N+](=O)[O-])cc1. The van der Waals surface area contributed by atoms with Crippen molar-refractivity contribution in [2.75, 3.05) is 0 Å². The summed E-state index contributed by atoms with van der Waals surface area (Å²) in [5, 5.41) is 10.6. The van der Waals surface area contributed by atoms with Crippen molar-refractivity contribution in [1.29, 1.82) is 0 Å². The number of nitro groups is 1. The second-order valence-electron chi connectivity index (χ2n) is 6.80. The molecule has 0 amide bonds. The summed E-state index contributed by atoms with van der Waals surface area (Å²) in [6.07, 6.45) is 1.78. The van der Waals surface area contributed by atoms with Gasteiger partial charge in [0, 0.05) is 12.1 Å². The normalized spacial score (nSPS) is 25.0. The van der Waals surface area contributed by atoms with E-state index in [1.807, 2.05) is 6.92 Å². The number of rotatable bonds is 4. The number of non-ortho nitro benzene ring substituents is 1. The van der Waals surface area contributed by atoms with E-state index in [0.717, 1.165) is 12.8 Å². The molecule has 126 valence electrons. The van der Waals surface area contributed by atoms with Gasteiger partial charge >= 0.3 is 5.97 Å². The number of nitrogens with zero attached hydrogens (tertiary/aromatic N) is 1. The minimum absolute atomic E-state index is 0.0770. The maximum Gasteiger partial charge on any atom is 0.338 e. The molecule has 0 saturated heterocycles. The molecule has 1 saturated carbocycles. The number of ether oxygens (including phenoxy) is 1. The van der Waals surface area contributed by atoms with E-state index in [0.29, 0.717) is 6.42 Å². The fraction of sp³-hybridized carbons (Fsp3) is 0.588. The lowest BCUT2D eigenvalue weighted by Gasteiger charge is -2.38. The molecule has 1 fully saturated rings. The molecule has 0 bridgehead atoms. The van der Waals surface area contributed by atoms with Crippen LogP contribution in [0, 0.1) is 22.0 Å². The minimum atomic E-state index is -1.29. The standard InChI is InChI=1S/C17H22FNO4/c1-11-4-7-13(17(2,3)18)10-15(11)23-16(20)12-5-8-14(9-6-12)19(21)22/h5-6,8-9,11,13,15H,4,7,10H2,1-3H3. The summed E-state index contributed by atoms with van der Waals surface area (Å²) in [5.74, 6) is -0.474. The van der Waals surface area contributed by atoms with Gasteiger partial charge in [0.15, 0.2) is 0 Å². The third kappa shape index (κ3) is 4.27. The molecule has 23 heavy (non-hydrogen) atoms. The van der Waals surface area contributed by atoms with Crippen molar-refractivity contribution in [3.63, 3.8) is 0 Å². The highest BCUT2D eigenvalue weighted by Crippen LogP contribution is 2.38. The Balaban J connectivity index is 2.04. The monoisotopic (exact) mass is 323 g/mol. The van der Waals surface area contributed by atoms with Crippen LogP contribution in [0.5, 0.6) is 0 Å². The van der Waals surface area contributed by atoms with Crippen LogP contribution in [-0.2, 0) is 4.74 Å². The maximum absolute atomic E-state index is 14.2. The Bertz CT molecular complexity index is 579. The second kappa shape index (κ2) is 6.64. The molecular weight excluding hydrogens is 301 g/mol. The molecular formula is C17H22FNO4. The summed E-state index contributed by atoms with van der Waals surface area (Å²) < 4.78 is 19.7. The Morgan fingerprint density at radius 3 is 2.43 bits per heavy atom. The van der Waals surface area contributed by atoms with E-state index >= 15 is 0 Å². The van der Waals surface area contributed by atoms with Crippen LogP contribution in [0.4, 0.5) is 10.1 Å². The van der Waals surface area contributed by atoms with Gasteiger partial charge in [-0.05, 0) is 57.1 Å². The fourth-order valence-electron chi connectivity index (χ4n) is 2.99. The highest BCUT2D eigenvalue weighted by Gasteiger charge is 2.38. The van der Waals surface area contributed by atoms with Gasteiger partial charge in [0.2, 0.25) is 0 Å². The molecule has 3 atom stereocenters. The molecule has 2 rings (SSSR count). The van der Waals surface area contributed by atoms with Crippen LogP contribution in [0.1, 0.15) is 50.4 Å². The summed E-state index contributed by atoms with van der Waals surface area (Å²) in [7, 11) is 0. The Morgan fingerprint density at radius 2 is 1.91 bits per heavy atom. The van der Waals surface area contributed by atoms with Gasteiger partial charge in [-0.1, -0.05) is 6.92 Å². The van der Waals surface area contributed by atoms with Crippen LogP contribution in [-0.4, -0.2) is 22.7 Å². The summed E-state index contributed by atoms with van der Waals surface area (Å²) in [6, 6.07) is 5.30. The predicted molar refractivity (Wildman–Crippen MR) is 84.0 cm³/mol. The predicted octanol–water partition coefficient (Wildman–Crippen LogP) is 4.30. The van der Waals surface area contributed by atoms with Gasteiger partial charge in [-0.15, -0.1) is 0 Å². The number of nitro benzene ring substituents is 1. The highest BCUT2D eigenvalue weighted by molar-refractivity contribution is 5.89. The van der Waals surface area contributed by atoms with Gasteiger partial charge < -0.3 is 4.74 Å². The Morgan fingerprint density at radius 1 is 1.30 bits per heavy atom. The average molecular weight is 323 g/mol. The van der Waals surface area contributed by atoms with Crippen LogP contribution in [0.3, 0.4) is 0 Å². The molecule has 1 aromatic rings. The van der Waals surface area contributed by atoms with Gasteiger partial charge in [-0.2, -0.15) is 0 Å². The van der Waals surface area contributed by atoms with Gasteiger partial charge in [0.05, 0.1) is 10.5 Å². The molecule has 0 radical (unpaired) electrons. The molecule has 1 aliphatic rings. The molecule has 1 aliphatic carbocycles. The van der Waals surface area contributed by atoms with Gasteiger partial charge in [-0.25, -0.2) is 9.18 Å². The highest BCUT2D eigenvalue weighted by atomic mass is 19.1. The number of halogens is 1. The van der Waals surface area contributed by atoms with Crippen molar-refractivity contribution in [3.8, 4) is 0 Å². The van der Waals surface area contributed by atoms with Crippen LogP contribution in [0.25, 0.3) is 0 Å². The van der Waals surface area contributed by atoms with Crippen molar-refractivity contribution < 1.29 is 18.8 Å². The fourth-order valence-corrected chi connectivity index (χ4v) is 2.99. The van der Waals surface area contributed by atoms with Crippen molar-refractivity contribution >= 4 is 11.7 Å². The zero-order chi connectivity index (χ0) is 17.2. The number of benzene rings is 1. The largest absolute Gasteiger partial charge is 0.458 e. The number of hydrogen-bond acceptors (Lipinski definition) is 4.